The molecule has 1 aromatic rings. The van der Waals surface area contributed by atoms with Crippen molar-refractivity contribution < 1.29 is 4.79 Å². The first-order chi connectivity index (χ1) is 9.75. The Morgan fingerprint density at radius 2 is 2.00 bits per heavy atom. The molecule has 0 spiro atoms. The number of benzene rings is 1. The van der Waals surface area contributed by atoms with E-state index in [1.807, 2.05) is 37.4 Å². The van der Waals surface area contributed by atoms with Crippen LogP contribution < -0.4 is 10.6 Å². The van der Waals surface area contributed by atoms with E-state index in [1.54, 1.807) is 4.90 Å². The number of hydrogen-bond acceptors (Lipinski definition) is 2. The molecule has 1 fully saturated rings. The van der Waals surface area contributed by atoms with Gasteiger partial charge in [-0.05, 0) is 43.8 Å². The van der Waals surface area contributed by atoms with Crippen LogP contribution >= 0.6 is 0 Å². The van der Waals surface area contributed by atoms with Crippen LogP contribution in [0.5, 0.6) is 0 Å². The standard InChI is InChI=1S/C16H25N3O/c1-19(12-9-14-7-10-17-11-8-14)16(20)18-13-15-5-3-2-4-6-15/h2-6,14,17H,7-13H2,1H3,(H,18,20). The lowest BCUT2D eigenvalue weighted by molar-refractivity contribution is 0.202. The predicted molar refractivity (Wildman–Crippen MR) is 81.5 cm³/mol. The van der Waals surface area contributed by atoms with Gasteiger partial charge in [-0.1, -0.05) is 30.3 Å². The molecule has 0 aliphatic carbocycles. The summed E-state index contributed by atoms with van der Waals surface area (Å²) in [5.41, 5.74) is 1.13. The maximum Gasteiger partial charge on any atom is 0.317 e. The van der Waals surface area contributed by atoms with Gasteiger partial charge in [0.1, 0.15) is 0 Å². The van der Waals surface area contributed by atoms with Gasteiger partial charge in [0.05, 0.1) is 0 Å². The number of piperidine rings is 1. The highest BCUT2D eigenvalue weighted by molar-refractivity contribution is 5.73. The largest absolute Gasteiger partial charge is 0.334 e. The van der Waals surface area contributed by atoms with Crippen LogP contribution in [-0.4, -0.2) is 37.6 Å². The molecule has 0 bridgehead atoms. The van der Waals surface area contributed by atoms with E-state index in [0.29, 0.717) is 6.54 Å². The maximum atomic E-state index is 12.0. The quantitative estimate of drug-likeness (QED) is 0.865. The van der Waals surface area contributed by atoms with Crippen molar-refractivity contribution in [2.75, 3.05) is 26.7 Å². The van der Waals surface area contributed by atoms with Gasteiger partial charge >= 0.3 is 6.03 Å². The highest BCUT2D eigenvalue weighted by atomic mass is 16.2. The number of amides is 2. The second-order valence-corrected chi connectivity index (χ2v) is 5.55. The number of nitrogens with zero attached hydrogens (tertiary/aromatic N) is 1. The normalized spacial score (nSPS) is 15.8. The molecule has 2 amide bonds. The Balaban J connectivity index is 1.66. The molecular formula is C16H25N3O. The van der Waals surface area contributed by atoms with Gasteiger partial charge in [0.2, 0.25) is 0 Å². The Kier molecular flexibility index (Phi) is 5.87. The van der Waals surface area contributed by atoms with E-state index in [4.69, 9.17) is 0 Å². The summed E-state index contributed by atoms with van der Waals surface area (Å²) in [4.78, 5) is 13.8. The summed E-state index contributed by atoms with van der Waals surface area (Å²) < 4.78 is 0. The molecule has 110 valence electrons. The van der Waals surface area contributed by atoms with E-state index < -0.39 is 0 Å². The van der Waals surface area contributed by atoms with Crippen molar-refractivity contribution in [2.45, 2.75) is 25.8 Å². The summed E-state index contributed by atoms with van der Waals surface area (Å²) in [7, 11) is 1.88. The number of urea groups is 1. The van der Waals surface area contributed by atoms with Gasteiger partial charge in [-0.25, -0.2) is 4.79 Å². The molecule has 0 unspecified atom stereocenters. The minimum atomic E-state index is 0.0165. The molecule has 1 heterocycles. The fourth-order valence-corrected chi connectivity index (χ4v) is 2.56. The molecule has 2 rings (SSSR count). The summed E-state index contributed by atoms with van der Waals surface area (Å²) in [6.45, 7) is 3.67. The third-order valence-electron chi connectivity index (χ3n) is 3.96. The first-order valence-corrected chi connectivity index (χ1v) is 7.49. The lowest BCUT2D eigenvalue weighted by Gasteiger charge is -2.25. The molecule has 0 aromatic heterocycles. The number of rotatable bonds is 5. The van der Waals surface area contributed by atoms with E-state index in [1.165, 1.54) is 12.8 Å². The van der Waals surface area contributed by atoms with E-state index in [9.17, 15) is 4.79 Å². The molecule has 1 aliphatic heterocycles. The van der Waals surface area contributed by atoms with Gasteiger partial charge in [0, 0.05) is 20.1 Å². The van der Waals surface area contributed by atoms with Gasteiger partial charge in [-0.15, -0.1) is 0 Å². The van der Waals surface area contributed by atoms with Gasteiger partial charge in [0.15, 0.2) is 0 Å². The van der Waals surface area contributed by atoms with Crippen molar-refractivity contribution in [3.05, 3.63) is 35.9 Å². The van der Waals surface area contributed by atoms with Gasteiger partial charge < -0.3 is 15.5 Å². The fourth-order valence-electron chi connectivity index (χ4n) is 2.56. The summed E-state index contributed by atoms with van der Waals surface area (Å²) in [5.74, 6) is 0.764. The Hall–Kier alpha value is -1.55. The van der Waals surface area contributed by atoms with Crippen LogP contribution in [0.1, 0.15) is 24.8 Å². The van der Waals surface area contributed by atoms with Gasteiger partial charge in [0.25, 0.3) is 0 Å². The van der Waals surface area contributed by atoms with Gasteiger partial charge in [-0.2, -0.15) is 0 Å². The zero-order valence-electron chi connectivity index (χ0n) is 12.3. The third kappa shape index (κ3) is 4.85. The Morgan fingerprint density at radius 1 is 1.30 bits per heavy atom. The minimum Gasteiger partial charge on any atom is -0.334 e. The van der Waals surface area contributed by atoms with Crippen LogP contribution in [0.4, 0.5) is 4.79 Å². The van der Waals surface area contributed by atoms with Crippen LogP contribution in [-0.2, 0) is 6.54 Å². The molecule has 1 aliphatic rings. The predicted octanol–water partition coefficient (Wildman–Crippen LogP) is 2.22. The number of carbonyl (C=O) groups is 1. The Morgan fingerprint density at radius 3 is 2.70 bits per heavy atom. The first kappa shape index (κ1) is 14.9. The van der Waals surface area contributed by atoms with Crippen LogP contribution in [0.3, 0.4) is 0 Å². The lowest BCUT2D eigenvalue weighted by atomic mass is 9.94. The summed E-state index contributed by atoms with van der Waals surface area (Å²) in [6.07, 6.45) is 3.58. The minimum absolute atomic E-state index is 0.0165. The smallest absolute Gasteiger partial charge is 0.317 e. The molecule has 4 nitrogen and oxygen atoms in total. The molecule has 1 aromatic carbocycles. The molecule has 0 saturated carbocycles. The highest BCUT2D eigenvalue weighted by Crippen LogP contribution is 2.15. The summed E-state index contributed by atoms with van der Waals surface area (Å²) in [5, 5.41) is 6.33. The van der Waals surface area contributed by atoms with Crippen molar-refractivity contribution >= 4 is 6.03 Å². The topological polar surface area (TPSA) is 44.4 Å². The summed E-state index contributed by atoms with van der Waals surface area (Å²) in [6, 6.07) is 10.0. The fraction of sp³-hybridized carbons (Fsp3) is 0.562. The molecule has 1 saturated heterocycles. The molecule has 4 heteroatoms. The van der Waals surface area contributed by atoms with E-state index in [-0.39, 0.29) is 6.03 Å². The SMILES string of the molecule is CN(CCC1CCNCC1)C(=O)NCc1ccccc1. The summed E-state index contributed by atoms with van der Waals surface area (Å²) >= 11 is 0. The van der Waals surface area contributed by atoms with Crippen molar-refractivity contribution in [3.8, 4) is 0 Å². The first-order valence-electron chi connectivity index (χ1n) is 7.49. The third-order valence-corrected chi connectivity index (χ3v) is 3.96. The van der Waals surface area contributed by atoms with E-state index in [2.05, 4.69) is 10.6 Å². The molecule has 0 atom stereocenters. The van der Waals surface area contributed by atoms with Crippen molar-refractivity contribution in [1.29, 1.82) is 0 Å². The Labute approximate surface area is 121 Å². The second kappa shape index (κ2) is 7.90. The number of carbonyl (C=O) groups excluding carboxylic acids is 1. The molecule has 2 N–H and O–H groups in total. The maximum absolute atomic E-state index is 12.0. The number of nitrogens with one attached hydrogen (secondary N) is 2. The lowest BCUT2D eigenvalue weighted by Crippen LogP contribution is -2.38. The monoisotopic (exact) mass is 275 g/mol. The molecule has 20 heavy (non-hydrogen) atoms. The van der Waals surface area contributed by atoms with Crippen LogP contribution in [0.15, 0.2) is 30.3 Å². The number of hydrogen-bond donors (Lipinski definition) is 2. The molecular weight excluding hydrogens is 250 g/mol. The van der Waals surface area contributed by atoms with Crippen LogP contribution in [0.25, 0.3) is 0 Å². The Bertz CT molecular complexity index is 401. The molecule has 0 radical (unpaired) electrons. The zero-order valence-corrected chi connectivity index (χ0v) is 12.3. The van der Waals surface area contributed by atoms with Gasteiger partial charge in [-0.3, -0.25) is 0 Å². The highest BCUT2D eigenvalue weighted by Gasteiger charge is 2.15. The average molecular weight is 275 g/mol. The van der Waals surface area contributed by atoms with Crippen molar-refractivity contribution in [2.24, 2.45) is 5.92 Å². The van der Waals surface area contributed by atoms with Crippen LogP contribution in [0, 0.1) is 5.92 Å². The van der Waals surface area contributed by atoms with E-state index >= 15 is 0 Å². The van der Waals surface area contributed by atoms with E-state index in [0.717, 1.165) is 37.5 Å². The zero-order chi connectivity index (χ0) is 14.2. The van der Waals surface area contributed by atoms with Crippen molar-refractivity contribution in [3.63, 3.8) is 0 Å². The van der Waals surface area contributed by atoms with Crippen LogP contribution in [0.2, 0.25) is 0 Å². The second-order valence-electron chi connectivity index (χ2n) is 5.55. The average Bonchev–Trinajstić information content (AvgIpc) is 2.52. The van der Waals surface area contributed by atoms with Crippen molar-refractivity contribution in [1.82, 2.24) is 15.5 Å².